The number of nitrogens with zero attached hydrogens (tertiary/aromatic N) is 1. The van der Waals surface area contributed by atoms with E-state index in [1.165, 1.54) is 0 Å². The monoisotopic (exact) mass is 398 g/mol. The predicted molar refractivity (Wildman–Crippen MR) is 101 cm³/mol. The highest BCUT2D eigenvalue weighted by Gasteiger charge is 2.50. The van der Waals surface area contributed by atoms with E-state index in [-0.39, 0.29) is 41.2 Å². The van der Waals surface area contributed by atoms with Crippen LogP contribution in [0.1, 0.15) is 25.3 Å². The van der Waals surface area contributed by atoms with Crippen LogP contribution < -0.4 is 5.32 Å². The smallest absolute Gasteiger partial charge is 0.228 e. The van der Waals surface area contributed by atoms with Crippen LogP contribution in [-0.2, 0) is 19.4 Å². The molecular formula is C18H23ClN2O4S. The molecule has 6 nitrogen and oxygen atoms in total. The Morgan fingerprint density at radius 2 is 2.04 bits per heavy atom. The summed E-state index contributed by atoms with van der Waals surface area (Å²) in [6.45, 7) is 4.12. The van der Waals surface area contributed by atoms with Gasteiger partial charge in [-0.05, 0) is 44.4 Å². The number of halogens is 1. The quantitative estimate of drug-likeness (QED) is 0.824. The number of hydrogen-bond donors (Lipinski definition) is 1. The molecular weight excluding hydrogens is 376 g/mol. The number of sulfone groups is 1. The highest BCUT2D eigenvalue weighted by Crippen LogP contribution is 2.42. The van der Waals surface area contributed by atoms with Crippen LogP contribution in [0.3, 0.4) is 0 Å². The average molecular weight is 399 g/mol. The Morgan fingerprint density at radius 3 is 2.65 bits per heavy atom. The summed E-state index contributed by atoms with van der Waals surface area (Å²) in [6.07, 6.45) is 0.980. The molecule has 8 heteroatoms. The van der Waals surface area contributed by atoms with Gasteiger partial charge in [0.1, 0.15) is 0 Å². The Labute approximate surface area is 158 Å². The second-order valence-corrected chi connectivity index (χ2v) is 9.67. The van der Waals surface area contributed by atoms with Crippen LogP contribution in [0, 0.1) is 18.8 Å². The maximum Gasteiger partial charge on any atom is 0.228 e. The molecule has 3 unspecified atom stereocenters. The fraction of sp³-hybridized carbons (Fsp3) is 0.556. The van der Waals surface area contributed by atoms with Crippen molar-refractivity contribution < 1.29 is 18.0 Å². The van der Waals surface area contributed by atoms with E-state index in [1.807, 2.05) is 13.8 Å². The summed E-state index contributed by atoms with van der Waals surface area (Å²) >= 11 is 6.07. The lowest BCUT2D eigenvalue weighted by molar-refractivity contribution is -0.135. The molecule has 1 aromatic carbocycles. The standard InChI is InChI=1S/C18H23ClN2O4S/c1-3-21(12-7-8-26(24,25)10-12)18(23)14-9-13(14)17(22)20-16-6-4-5-15(19)11(16)2/h4-6,12-14H,3,7-10H2,1-2H3,(H,20,22). The summed E-state index contributed by atoms with van der Waals surface area (Å²) in [4.78, 5) is 26.9. The van der Waals surface area contributed by atoms with Gasteiger partial charge in [0.2, 0.25) is 11.8 Å². The topological polar surface area (TPSA) is 83.6 Å². The largest absolute Gasteiger partial charge is 0.339 e. The zero-order valence-corrected chi connectivity index (χ0v) is 16.4. The van der Waals surface area contributed by atoms with Gasteiger partial charge in [-0.25, -0.2) is 8.42 Å². The molecule has 1 aliphatic heterocycles. The van der Waals surface area contributed by atoms with Crippen molar-refractivity contribution in [3.63, 3.8) is 0 Å². The molecule has 26 heavy (non-hydrogen) atoms. The molecule has 142 valence electrons. The third kappa shape index (κ3) is 3.88. The molecule has 0 spiro atoms. The zero-order valence-electron chi connectivity index (χ0n) is 14.9. The first-order valence-electron chi connectivity index (χ1n) is 8.80. The Kier molecular flexibility index (Phi) is 5.30. The van der Waals surface area contributed by atoms with E-state index in [0.29, 0.717) is 30.1 Å². The average Bonchev–Trinajstić information content (AvgIpc) is 3.31. The van der Waals surface area contributed by atoms with Crippen LogP contribution in [0.4, 0.5) is 5.69 Å². The van der Waals surface area contributed by atoms with E-state index in [2.05, 4.69) is 5.32 Å². The van der Waals surface area contributed by atoms with Gasteiger partial charge in [-0.2, -0.15) is 0 Å². The zero-order chi connectivity index (χ0) is 19.1. The minimum Gasteiger partial charge on any atom is -0.339 e. The Morgan fingerprint density at radius 1 is 1.31 bits per heavy atom. The third-order valence-corrected chi connectivity index (χ3v) is 7.40. The van der Waals surface area contributed by atoms with Crippen LogP contribution in [-0.4, -0.2) is 49.2 Å². The summed E-state index contributed by atoms with van der Waals surface area (Å²) in [5, 5.41) is 3.42. The molecule has 2 fully saturated rings. The molecule has 0 radical (unpaired) electrons. The Hall–Kier alpha value is -1.60. The summed E-state index contributed by atoms with van der Waals surface area (Å²) in [5.74, 6) is -0.880. The van der Waals surface area contributed by atoms with E-state index >= 15 is 0 Å². The molecule has 1 aliphatic carbocycles. The summed E-state index contributed by atoms with van der Waals surface area (Å²) in [7, 11) is -3.05. The number of benzene rings is 1. The van der Waals surface area contributed by atoms with Crippen LogP contribution in [0.15, 0.2) is 18.2 Å². The van der Waals surface area contributed by atoms with Crippen molar-refractivity contribution >= 4 is 38.9 Å². The second-order valence-electron chi connectivity index (χ2n) is 7.03. The minimum absolute atomic E-state index is 0.0257. The molecule has 2 amide bonds. The van der Waals surface area contributed by atoms with Crippen molar-refractivity contribution in [3.05, 3.63) is 28.8 Å². The number of nitrogens with one attached hydrogen (secondary N) is 1. The molecule has 3 rings (SSSR count). The Bertz CT molecular complexity index is 840. The molecule has 1 aromatic rings. The molecule has 1 saturated carbocycles. The lowest BCUT2D eigenvalue weighted by Crippen LogP contribution is -2.42. The fourth-order valence-corrected chi connectivity index (χ4v) is 5.46. The van der Waals surface area contributed by atoms with Crippen LogP contribution in [0.5, 0.6) is 0 Å². The molecule has 3 atom stereocenters. The van der Waals surface area contributed by atoms with Crippen molar-refractivity contribution in [2.45, 2.75) is 32.7 Å². The number of anilines is 1. The van der Waals surface area contributed by atoms with Crippen molar-refractivity contribution in [2.24, 2.45) is 11.8 Å². The molecule has 1 saturated heterocycles. The van der Waals surface area contributed by atoms with E-state index in [4.69, 9.17) is 11.6 Å². The van der Waals surface area contributed by atoms with E-state index < -0.39 is 9.84 Å². The third-order valence-electron chi connectivity index (χ3n) is 5.24. The normalized spacial score (nSPS) is 26.3. The molecule has 1 N–H and O–H groups in total. The molecule has 2 aliphatic rings. The van der Waals surface area contributed by atoms with Crippen molar-refractivity contribution in [1.29, 1.82) is 0 Å². The predicted octanol–water partition coefficient (Wildman–Crippen LogP) is 2.26. The van der Waals surface area contributed by atoms with E-state index in [1.54, 1.807) is 23.1 Å². The van der Waals surface area contributed by atoms with Crippen LogP contribution >= 0.6 is 11.6 Å². The first-order chi connectivity index (χ1) is 12.2. The lowest BCUT2D eigenvalue weighted by atomic mass is 10.1. The van der Waals surface area contributed by atoms with Crippen LogP contribution in [0.2, 0.25) is 5.02 Å². The fourth-order valence-electron chi connectivity index (χ4n) is 3.55. The van der Waals surface area contributed by atoms with Crippen LogP contribution in [0.25, 0.3) is 0 Å². The van der Waals surface area contributed by atoms with Crippen molar-refractivity contribution in [3.8, 4) is 0 Å². The van der Waals surface area contributed by atoms with Crippen molar-refractivity contribution in [2.75, 3.05) is 23.4 Å². The minimum atomic E-state index is -3.05. The highest BCUT2D eigenvalue weighted by molar-refractivity contribution is 7.91. The highest BCUT2D eigenvalue weighted by atomic mass is 35.5. The van der Waals surface area contributed by atoms with E-state index in [0.717, 1.165) is 5.56 Å². The first-order valence-corrected chi connectivity index (χ1v) is 11.0. The summed E-state index contributed by atoms with van der Waals surface area (Å²) in [5.41, 5.74) is 1.44. The molecule has 0 bridgehead atoms. The first kappa shape index (κ1) is 19.2. The number of rotatable bonds is 5. The maximum atomic E-state index is 12.8. The summed E-state index contributed by atoms with van der Waals surface area (Å²) in [6, 6.07) is 5.03. The van der Waals surface area contributed by atoms with Gasteiger partial charge >= 0.3 is 0 Å². The number of carbonyl (C=O) groups excluding carboxylic acids is 2. The van der Waals surface area contributed by atoms with Gasteiger partial charge in [-0.3, -0.25) is 9.59 Å². The number of amides is 2. The Balaban J connectivity index is 1.62. The van der Waals surface area contributed by atoms with Gasteiger partial charge in [-0.15, -0.1) is 0 Å². The van der Waals surface area contributed by atoms with Gasteiger partial charge in [0, 0.05) is 23.3 Å². The molecule has 0 aromatic heterocycles. The second kappa shape index (κ2) is 7.19. The van der Waals surface area contributed by atoms with Gasteiger partial charge < -0.3 is 10.2 Å². The van der Waals surface area contributed by atoms with Crippen molar-refractivity contribution in [1.82, 2.24) is 4.90 Å². The lowest BCUT2D eigenvalue weighted by Gasteiger charge is -2.27. The van der Waals surface area contributed by atoms with Gasteiger partial charge in [0.25, 0.3) is 0 Å². The summed E-state index contributed by atoms with van der Waals surface area (Å²) < 4.78 is 23.4. The van der Waals surface area contributed by atoms with Gasteiger partial charge in [0.05, 0.1) is 23.3 Å². The van der Waals surface area contributed by atoms with Gasteiger partial charge in [0.15, 0.2) is 9.84 Å². The SMILES string of the molecule is CCN(C(=O)C1CC1C(=O)Nc1cccc(Cl)c1C)C1CCS(=O)(=O)C1. The van der Waals surface area contributed by atoms with E-state index in [9.17, 15) is 18.0 Å². The number of hydrogen-bond acceptors (Lipinski definition) is 4. The molecule has 1 heterocycles. The maximum absolute atomic E-state index is 12.8. The van der Waals surface area contributed by atoms with Gasteiger partial charge in [-0.1, -0.05) is 17.7 Å². The number of carbonyl (C=O) groups is 2.